The smallest absolute Gasteiger partial charge is 0.341 e. The van der Waals surface area contributed by atoms with Crippen molar-refractivity contribution in [2.24, 2.45) is 0 Å². The number of ether oxygens (including phenoxy) is 2. The Morgan fingerprint density at radius 2 is 1.83 bits per heavy atom. The highest BCUT2D eigenvalue weighted by atomic mass is 32.1. The molecule has 156 valence electrons. The Morgan fingerprint density at radius 3 is 2.41 bits per heavy atom. The number of hydrogen-bond donors (Lipinski definition) is 2. The van der Waals surface area contributed by atoms with Gasteiger partial charge in [0.2, 0.25) is 0 Å². The van der Waals surface area contributed by atoms with Gasteiger partial charge in [-0.2, -0.15) is 0 Å². The van der Waals surface area contributed by atoms with E-state index in [4.69, 9.17) is 9.47 Å². The van der Waals surface area contributed by atoms with Crippen molar-refractivity contribution in [2.45, 2.75) is 52.1 Å². The van der Waals surface area contributed by atoms with Gasteiger partial charge >= 0.3 is 5.97 Å². The second-order valence-corrected chi connectivity index (χ2v) is 9.57. The predicted octanol–water partition coefficient (Wildman–Crippen LogP) is 3.32. The van der Waals surface area contributed by atoms with E-state index < -0.39 is 5.97 Å². The summed E-state index contributed by atoms with van der Waals surface area (Å²) in [7, 11) is 1.37. The minimum Gasteiger partial charge on any atom is -0.494 e. The van der Waals surface area contributed by atoms with Gasteiger partial charge in [0, 0.05) is 12.0 Å². The van der Waals surface area contributed by atoms with Crippen LogP contribution in [0.3, 0.4) is 0 Å². The molecule has 3 N–H and O–H groups in total. The fourth-order valence-electron chi connectivity index (χ4n) is 4.15. The zero-order valence-electron chi connectivity index (χ0n) is 17.8. The molecule has 0 fully saturated rings. The summed E-state index contributed by atoms with van der Waals surface area (Å²) in [6.07, 6.45) is 0.728. The van der Waals surface area contributed by atoms with Crippen LogP contribution in [0, 0.1) is 0 Å². The van der Waals surface area contributed by atoms with Crippen molar-refractivity contribution in [2.75, 3.05) is 19.0 Å². The van der Waals surface area contributed by atoms with Crippen molar-refractivity contribution in [3.63, 3.8) is 0 Å². The molecular formula is C22H29N2O4S+. The Balaban J connectivity index is 1.98. The number of amides is 1. The van der Waals surface area contributed by atoms with Gasteiger partial charge < -0.3 is 20.1 Å². The molecule has 1 aromatic carbocycles. The van der Waals surface area contributed by atoms with E-state index in [9.17, 15) is 9.59 Å². The summed E-state index contributed by atoms with van der Waals surface area (Å²) in [6, 6.07) is 6.96. The molecular weight excluding hydrogens is 388 g/mol. The number of carbonyl (C=O) groups is 2. The van der Waals surface area contributed by atoms with Gasteiger partial charge in [-0.15, -0.1) is 11.3 Å². The van der Waals surface area contributed by atoms with Crippen molar-refractivity contribution in [1.82, 2.24) is 0 Å². The Bertz CT molecular complexity index is 929. The van der Waals surface area contributed by atoms with Crippen LogP contribution in [0.4, 0.5) is 5.00 Å². The first-order valence-corrected chi connectivity index (χ1v) is 10.6. The molecule has 0 bridgehead atoms. The molecule has 0 saturated carbocycles. The van der Waals surface area contributed by atoms with Crippen LogP contribution in [0.15, 0.2) is 24.3 Å². The van der Waals surface area contributed by atoms with Crippen molar-refractivity contribution in [3.05, 3.63) is 45.8 Å². The number of benzene rings is 1. The summed E-state index contributed by atoms with van der Waals surface area (Å²) < 4.78 is 10.5. The van der Waals surface area contributed by atoms with E-state index in [-0.39, 0.29) is 17.0 Å². The number of methoxy groups -OCH3 is 1. The van der Waals surface area contributed by atoms with Crippen molar-refractivity contribution in [1.29, 1.82) is 0 Å². The molecule has 7 heteroatoms. The Labute approximate surface area is 175 Å². The normalized spacial score (nSPS) is 16.6. The topological polar surface area (TPSA) is 81.2 Å². The first-order valence-electron chi connectivity index (χ1n) is 9.73. The zero-order valence-corrected chi connectivity index (χ0v) is 18.7. The van der Waals surface area contributed by atoms with E-state index in [1.165, 1.54) is 18.4 Å². The highest BCUT2D eigenvalue weighted by Gasteiger charge is 2.45. The van der Waals surface area contributed by atoms with Crippen LogP contribution in [0.25, 0.3) is 0 Å². The number of rotatable bonds is 5. The van der Waals surface area contributed by atoms with E-state index in [1.54, 1.807) is 24.3 Å². The number of anilines is 1. The van der Waals surface area contributed by atoms with Gasteiger partial charge in [0.05, 0.1) is 29.7 Å². The molecule has 1 amide bonds. The molecule has 0 unspecified atom stereocenters. The van der Waals surface area contributed by atoms with Gasteiger partial charge in [-0.1, -0.05) is 0 Å². The molecule has 3 rings (SSSR count). The molecule has 29 heavy (non-hydrogen) atoms. The van der Waals surface area contributed by atoms with Crippen LogP contribution in [-0.4, -0.2) is 31.1 Å². The average molecular weight is 418 g/mol. The number of nitrogens with one attached hydrogen (secondary N) is 1. The predicted molar refractivity (Wildman–Crippen MR) is 114 cm³/mol. The lowest BCUT2D eigenvalue weighted by Crippen LogP contribution is -3.03. The van der Waals surface area contributed by atoms with Gasteiger partial charge in [-0.3, -0.25) is 4.79 Å². The molecule has 0 aliphatic carbocycles. The van der Waals surface area contributed by atoms with Crippen LogP contribution in [0.2, 0.25) is 0 Å². The standard InChI is InChI=1S/C22H28N2O4S/c1-7-28-14-10-8-13(9-11-14)18(25)23-19-16(20(26)27-6)15-12-21(2,3)24-22(4,5)17(15)29-19/h8-11,24H,7,12H2,1-6H3,(H,23,25)/p+1. The summed E-state index contributed by atoms with van der Waals surface area (Å²) >= 11 is 1.46. The lowest BCUT2D eigenvalue weighted by molar-refractivity contribution is -0.789. The van der Waals surface area contributed by atoms with Gasteiger partial charge in [0.15, 0.2) is 0 Å². The number of quaternary nitrogens is 1. The number of thiophene rings is 1. The summed E-state index contributed by atoms with van der Waals surface area (Å²) in [4.78, 5) is 26.6. The molecule has 2 heterocycles. The van der Waals surface area contributed by atoms with Gasteiger partial charge in [-0.25, -0.2) is 4.79 Å². The van der Waals surface area contributed by atoms with Gasteiger partial charge in [-0.05, 0) is 64.4 Å². The van der Waals surface area contributed by atoms with E-state index in [1.807, 2.05) is 6.92 Å². The first-order chi connectivity index (χ1) is 13.6. The Morgan fingerprint density at radius 1 is 1.17 bits per heavy atom. The van der Waals surface area contributed by atoms with Crippen LogP contribution in [0.5, 0.6) is 5.75 Å². The molecule has 0 radical (unpaired) electrons. The minimum atomic E-state index is -0.419. The molecule has 6 nitrogen and oxygen atoms in total. The summed E-state index contributed by atoms with van der Waals surface area (Å²) in [5.41, 5.74) is 1.69. The lowest BCUT2D eigenvalue weighted by atomic mass is 9.81. The van der Waals surface area contributed by atoms with Crippen molar-refractivity contribution >= 4 is 28.2 Å². The fourth-order valence-corrected chi connectivity index (χ4v) is 5.43. The fraction of sp³-hybridized carbons (Fsp3) is 0.455. The van der Waals surface area contributed by atoms with Crippen molar-refractivity contribution < 1.29 is 24.4 Å². The van der Waals surface area contributed by atoms with E-state index in [0.717, 1.165) is 16.9 Å². The number of esters is 1. The molecule has 0 atom stereocenters. The van der Waals surface area contributed by atoms with Gasteiger partial charge in [0.25, 0.3) is 5.91 Å². The number of fused-ring (bicyclic) bond motifs is 1. The number of nitrogens with two attached hydrogens (primary N) is 1. The maximum Gasteiger partial charge on any atom is 0.341 e. The largest absolute Gasteiger partial charge is 0.494 e. The summed E-state index contributed by atoms with van der Waals surface area (Å²) in [6.45, 7) is 11.1. The van der Waals surface area contributed by atoms with Gasteiger partial charge in [0.1, 0.15) is 16.3 Å². The maximum absolute atomic E-state index is 12.8. The first kappa shape index (κ1) is 21.3. The summed E-state index contributed by atoms with van der Waals surface area (Å²) in [5, 5.41) is 5.80. The van der Waals surface area contributed by atoms with Crippen LogP contribution >= 0.6 is 11.3 Å². The maximum atomic E-state index is 12.8. The average Bonchev–Trinajstić information content (AvgIpc) is 2.99. The monoisotopic (exact) mass is 417 g/mol. The van der Waals surface area contributed by atoms with Crippen LogP contribution < -0.4 is 15.4 Å². The minimum absolute atomic E-state index is 0.0588. The third-order valence-corrected chi connectivity index (χ3v) is 6.51. The molecule has 1 aliphatic heterocycles. The third-order valence-electron chi connectivity index (χ3n) is 5.02. The van der Waals surface area contributed by atoms with Crippen LogP contribution in [-0.2, 0) is 16.7 Å². The second-order valence-electron chi connectivity index (χ2n) is 8.55. The highest BCUT2D eigenvalue weighted by molar-refractivity contribution is 7.17. The van der Waals surface area contributed by atoms with E-state index in [2.05, 4.69) is 38.3 Å². The van der Waals surface area contributed by atoms with E-state index in [0.29, 0.717) is 28.5 Å². The quantitative estimate of drug-likeness (QED) is 0.732. The third kappa shape index (κ3) is 4.31. The molecule has 0 spiro atoms. The summed E-state index contributed by atoms with van der Waals surface area (Å²) in [5.74, 6) is 0.0289. The van der Waals surface area contributed by atoms with E-state index >= 15 is 0 Å². The second kappa shape index (κ2) is 7.80. The van der Waals surface area contributed by atoms with Crippen LogP contribution in [0.1, 0.15) is 65.8 Å². The SMILES string of the molecule is CCOc1ccc(C(=O)Nc2sc3c(c2C(=O)OC)CC(C)(C)[NH2+]C3(C)C)cc1. The Kier molecular flexibility index (Phi) is 5.74. The van der Waals surface area contributed by atoms with Crippen molar-refractivity contribution in [3.8, 4) is 5.75 Å². The number of hydrogen-bond acceptors (Lipinski definition) is 5. The molecule has 1 aromatic heterocycles. The lowest BCUT2D eigenvalue weighted by Gasteiger charge is -2.38. The zero-order chi connectivity index (χ0) is 21.4. The highest BCUT2D eigenvalue weighted by Crippen LogP contribution is 2.42. The Hall–Kier alpha value is -2.38. The molecule has 0 saturated heterocycles. The molecule has 2 aromatic rings. The molecule has 1 aliphatic rings. The number of carbonyl (C=O) groups excluding carboxylic acids is 2.